The van der Waals surface area contributed by atoms with Crippen LogP contribution in [0.15, 0.2) is 6.20 Å². The van der Waals surface area contributed by atoms with Crippen molar-refractivity contribution in [1.82, 2.24) is 10.3 Å². The molecule has 0 saturated heterocycles. The average Bonchev–Trinajstić information content (AvgIpc) is 3.00. The molecule has 0 radical (unpaired) electrons. The molecule has 2 fully saturated rings. The van der Waals surface area contributed by atoms with Crippen molar-refractivity contribution in [2.75, 3.05) is 5.32 Å². The lowest BCUT2D eigenvalue weighted by Gasteiger charge is -2.44. The van der Waals surface area contributed by atoms with Crippen LogP contribution in [0.4, 0.5) is 5.00 Å². The molecule has 0 spiro atoms. The SMILES string of the molecule is CC1(C(=O)Nc2cnc(C3CCCCC3)s2)CCC1NC#N. The molecule has 2 aliphatic rings. The molecule has 1 aromatic rings. The van der Waals surface area contributed by atoms with Crippen molar-refractivity contribution in [1.29, 1.82) is 5.26 Å². The summed E-state index contributed by atoms with van der Waals surface area (Å²) in [6.07, 6.45) is 11.7. The van der Waals surface area contributed by atoms with Crippen molar-refractivity contribution < 1.29 is 4.79 Å². The van der Waals surface area contributed by atoms with Crippen molar-refractivity contribution in [3.63, 3.8) is 0 Å². The number of rotatable bonds is 4. The number of amides is 1. The number of aromatic nitrogens is 1. The van der Waals surface area contributed by atoms with Crippen LogP contribution in [0.25, 0.3) is 0 Å². The summed E-state index contributed by atoms with van der Waals surface area (Å²) in [4.78, 5) is 17.0. The summed E-state index contributed by atoms with van der Waals surface area (Å²) in [5.41, 5.74) is -0.495. The van der Waals surface area contributed by atoms with Crippen LogP contribution >= 0.6 is 11.3 Å². The van der Waals surface area contributed by atoms with Crippen LogP contribution in [-0.4, -0.2) is 16.9 Å². The Morgan fingerprint density at radius 2 is 2.18 bits per heavy atom. The molecule has 5 nitrogen and oxygen atoms in total. The Balaban J connectivity index is 1.62. The van der Waals surface area contributed by atoms with Crippen LogP contribution in [0.2, 0.25) is 0 Å². The van der Waals surface area contributed by atoms with Gasteiger partial charge in [-0.15, -0.1) is 11.3 Å². The molecule has 6 heteroatoms. The van der Waals surface area contributed by atoms with E-state index in [0.29, 0.717) is 5.92 Å². The van der Waals surface area contributed by atoms with E-state index in [2.05, 4.69) is 15.6 Å². The van der Waals surface area contributed by atoms with E-state index in [1.54, 1.807) is 17.5 Å². The minimum atomic E-state index is -0.495. The molecule has 1 aromatic heterocycles. The molecule has 2 N–H and O–H groups in total. The highest BCUT2D eigenvalue weighted by atomic mass is 32.1. The van der Waals surface area contributed by atoms with Gasteiger partial charge in [-0.05, 0) is 32.6 Å². The maximum Gasteiger partial charge on any atom is 0.233 e. The Morgan fingerprint density at radius 1 is 1.41 bits per heavy atom. The van der Waals surface area contributed by atoms with Gasteiger partial charge in [0.05, 0.1) is 22.7 Å². The van der Waals surface area contributed by atoms with Gasteiger partial charge in [0.15, 0.2) is 6.19 Å². The third-order valence-corrected chi connectivity index (χ3v) is 6.27. The highest BCUT2D eigenvalue weighted by molar-refractivity contribution is 7.15. The Labute approximate surface area is 135 Å². The minimum Gasteiger partial charge on any atom is -0.320 e. The van der Waals surface area contributed by atoms with E-state index in [-0.39, 0.29) is 11.9 Å². The van der Waals surface area contributed by atoms with Crippen LogP contribution in [-0.2, 0) is 4.79 Å². The number of carbonyl (C=O) groups excluding carboxylic acids is 1. The Hall–Kier alpha value is -1.61. The molecule has 2 saturated carbocycles. The van der Waals surface area contributed by atoms with E-state index in [0.717, 1.165) is 22.9 Å². The molecule has 3 rings (SSSR count). The second kappa shape index (κ2) is 6.25. The molecular weight excluding hydrogens is 296 g/mol. The molecule has 118 valence electrons. The number of nitrogens with one attached hydrogen (secondary N) is 2. The van der Waals surface area contributed by atoms with Crippen molar-refractivity contribution >= 4 is 22.2 Å². The summed E-state index contributed by atoms with van der Waals surface area (Å²) < 4.78 is 0. The van der Waals surface area contributed by atoms with Gasteiger partial charge in [0, 0.05) is 5.92 Å². The van der Waals surface area contributed by atoms with Gasteiger partial charge in [-0.1, -0.05) is 19.3 Å². The van der Waals surface area contributed by atoms with Gasteiger partial charge in [0.1, 0.15) is 5.00 Å². The first-order valence-corrected chi connectivity index (χ1v) is 8.87. The number of anilines is 1. The molecule has 1 heterocycles. The summed E-state index contributed by atoms with van der Waals surface area (Å²) in [5, 5.41) is 16.5. The van der Waals surface area contributed by atoms with Crippen LogP contribution < -0.4 is 10.6 Å². The summed E-state index contributed by atoms with van der Waals surface area (Å²) in [7, 11) is 0. The molecule has 2 unspecified atom stereocenters. The molecular formula is C16H22N4OS. The second-order valence-electron chi connectivity index (χ2n) is 6.62. The molecule has 0 aromatic carbocycles. The zero-order valence-electron chi connectivity index (χ0n) is 12.9. The van der Waals surface area contributed by atoms with Gasteiger partial charge in [-0.3, -0.25) is 4.79 Å². The maximum absolute atomic E-state index is 12.5. The lowest BCUT2D eigenvalue weighted by atomic mass is 9.65. The topological polar surface area (TPSA) is 77.8 Å². The van der Waals surface area contributed by atoms with Gasteiger partial charge in [0.25, 0.3) is 0 Å². The molecule has 1 amide bonds. The third-order valence-electron chi connectivity index (χ3n) is 5.19. The second-order valence-corrected chi connectivity index (χ2v) is 7.68. The Bertz CT molecular complexity index is 587. The van der Waals surface area contributed by atoms with Crippen LogP contribution in [0.3, 0.4) is 0 Å². The van der Waals surface area contributed by atoms with Gasteiger partial charge in [-0.2, -0.15) is 5.26 Å². The van der Waals surface area contributed by atoms with Gasteiger partial charge in [-0.25, -0.2) is 4.98 Å². The van der Waals surface area contributed by atoms with Gasteiger partial charge in [0.2, 0.25) is 5.91 Å². The fourth-order valence-electron chi connectivity index (χ4n) is 3.44. The largest absolute Gasteiger partial charge is 0.320 e. The van der Waals surface area contributed by atoms with Crippen LogP contribution in [0, 0.1) is 16.9 Å². The monoisotopic (exact) mass is 318 g/mol. The average molecular weight is 318 g/mol. The lowest BCUT2D eigenvalue weighted by Crippen LogP contribution is -2.56. The molecule has 2 aliphatic carbocycles. The molecule has 2 atom stereocenters. The normalized spacial score (nSPS) is 28.5. The van der Waals surface area contributed by atoms with Crippen molar-refractivity contribution in [3.8, 4) is 6.19 Å². The maximum atomic E-state index is 12.5. The van der Waals surface area contributed by atoms with E-state index in [1.807, 2.05) is 13.1 Å². The van der Waals surface area contributed by atoms with E-state index >= 15 is 0 Å². The Kier molecular flexibility index (Phi) is 4.34. The zero-order valence-corrected chi connectivity index (χ0v) is 13.7. The van der Waals surface area contributed by atoms with Crippen LogP contribution in [0.1, 0.15) is 62.8 Å². The van der Waals surface area contributed by atoms with Gasteiger partial charge < -0.3 is 10.6 Å². The number of nitriles is 1. The fraction of sp³-hybridized carbons (Fsp3) is 0.688. The molecule has 0 bridgehead atoms. The van der Waals surface area contributed by atoms with E-state index < -0.39 is 5.41 Å². The highest BCUT2D eigenvalue weighted by Crippen LogP contribution is 2.42. The number of hydrogen-bond acceptors (Lipinski definition) is 5. The first-order chi connectivity index (χ1) is 10.6. The summed E-state index contributed by atoms with van der Waals surface area (Å²) >= 11 is 1.60. The number of hydrogen-bond donors (Lipinski definition) is 2. The standard InChI is InChI=1S/C16H22N4OS/c1-16(8-7-12(16)19-10-17)15(21)20-13-9-18-14(22-13)11-5-3-2-4-6-11/h9,11-12,19H,2-8H2,1H3,(H,20,21). The number of nitrogens with zero attached hydrogens (tertiary/aromatic N) is 2. The summed E-state index contributed by atoms with van der Waals surface area (Å²) in [5.74, 6) is 0.557. The number of thiazole rings is 1. The van der Waals surface area contributed by atoms with E-state index in [1.165, 1.54) is 32.1 Å². The van der Waals surface area contributed by atoms with Crippen LogP contribution in [0.5, 0.6) is 0 Å². The van der Waals surface area contributed by atoms with Gasteiger partial charge >= 0.3 is 0 Å². The summed E-state index contributed by atoms with van der Waals surface area (Å²) in [6.45, 7) is 1.92. The van der Waals surface area contributed by atoms with E-state index in [9.17, 15) is 4.79 Å². The Morgan fingerprint density at radius 3 is 2.82 bits per heavy atom. The van der Waals surface area contributed by atoms with Crippen molar-refractivity contribution in [2.24, 2.45) is 5.41 Å². The first-order valence-electron chi connectivity index (χ1n) is 8.05. The highest BCUT2D eigenvalue weighted by Gasteiger charge is 2.49. The number of carbonyl (C=O) groups is 1. The minimum absolute atomic E-state index is 0.00894. The van der Waals surface area contributed by atoms with E-state index in [4.69, 9.17) is 5.26 Å². The first kappa shape index (κ1) is 15.3. The third kappa shape index (κ3) is 2.82. The molecule has 22 heavy (non-hydrogen) atoms. The smallest absolute Gasteiger partial charge is 0.233 e. The quantitative estimate of drug-likeness (QED) is 0.659. The molecule has 0 aliphatic heterocycles. The van der Waals surface area contributed by atoms with Crippen molar-refractivity contribution in [3.05, 3.63) is 11.2 Å². The predicted octanol–water partition coefficient (Wildman–Crippen LogP) is 3.37. The lowest BCUT2D eigenvalue weighted by molar-refractivity contribution is -0.131. The fourth-order valence-corrected chi connectivity index (χ4v) is 4.42. The van der Waals surface area contributed by atoms with Crippen molar-refractivity contribution in [2.45, 2.75) is 63.8 Å². The zero-order chi connectivity index (χ0) is 15.6. The predicted molar refractivity (Wildman–Crippen MR) is 86.4 cm³/mol. The summed E-state index contributed by atoms with van der Waals surface area (Å²) in [6, 6.07) is -0.0526.